The number of hydrogen-bond donors (Lipinski definition) is 0. The summed E-state index contributed by atoms with van der Waals surface area (Å²) in [5.41, 5.74) is 0.922. The molecule has 4 fully saturated rings. The van der Waals surface area contributed by atoms with Crippen molar-refractivity contribution in [2.75, 3.05) is 0 Å². The summed E-state index contributed by atoms with van der Waals surface area (Å²) in [5.74, 6) is 4.49. The highest BCUT2D eigenvalue weighted by molar-refractivity contribution is 6.31. The quantitative estimate of drug-likeness (QED) is 0.542. The second-order valence-electron chi connectivity index (χ2n) is 9.52. The van der Waals surface area contributed by atoms with Crippen LogP contribution in [-0.2, 0) is 4.79 Å². The van der Waals surface area contributed by atoms with Gasteiger partial charge in [0.15, 0.2) is 5.78 Å². The predicted octanol–water partition coefficient (Wildman–Crippen LogP) is 5.45. The molecule has 0 aromatic carbocycles. The molecule has 2 heteroatoms. The maximum atomic E-state index is 12.1. The van der Waals surface area contributed by atoms with Crippen molar-refractivity contribution in [3.05, 3.63) is 0 Å². The molecule has 0 heterocycles. The van der Waals surface area contributed by atoms with Crippen LogP contribution in [0.4, 0.5) is 0 Å². The molecule has 4 aliphatic carbocycles. The van der Waals surface area contributed by atoms with Crippen LogP contribution in [0, 0.1) is 40.4 Å². The number of carbonyl (C=O) groups is 1. The molecule has 22 heavy (non-hydrogen) atoms. The zero-order valence-electron chi connectivity index (χ0n) is 14.4. The van der Waals surface area contributed by atoms with Gasteiger partial charge in [-0.3, -0.25) is 4.79 Å². The standard InChI is InChI=1S/C20H31ClO/c1-12-4-7-15-14-6-5-13-10-18(22)17(21)11-20(13,3)16(14)8-9-19(12,15)2/h12-17H,4-11H2,1-3H3/t12-,13-,14+,15-,16+,17-,19+,20+/m1/s1. The maximum Gasteiger partial charge on any atom is 0.150 e. The van der Waals surface area contributed by atoms with Gasteiger partial charge in [-0.1, -0.05) is 20.8 Å². The van der Waals surface area contributed by atoms with Crippen LogP contribution in [0.1, 0.15) is 72.1 Å². The van der Waals surface area contributed by atoms with E-state index in [-0.39, 0.29) is 5.38 Å². The van der Waals surface area contributed by atoms with Crippen molar-refractivity contribution in [3.63, 3.8) is 0 Å². The molecular weight excluding hydrogens is 292 g/mol. The Morgan fingerprint density at radius 1 is 1.00 bits per heavy atom. The fourth-order valence-corrected chi connectivity index (χ4v) is 7.74. The van der Waals surface area contributed by atoms with Crippen LogP contribution >= 0.6 is 11.6 Å². The molecule has 1 nitrogen and oxygen atoms in total. The average Bonchev–Trinajstić information content (AvgIpc) is 2.77. The molecule has 124 valence electrons. The van der Waals surface area contributed by atoms with Crippen LogP contribution in [-0.4, -0.2) is 11.2 Å². The van der Waals surface area contributed by atoms with Gasteiger partial charge in [-0.05, 0) is 85.4 Å². The van der Waals surface area contributed by atoms with Crippen molar-refractivity contribution in [1.82, 2.24) is 0 Å². The molecule has 0 radical (unpaired) electrons. The van der Waals surface area contributed by atoms with Crippen molar-refractivity contribution in [2.45, 2.75) is 77.5 Å². The maximum absolute atomic E-state index is 12.1. The summed E-state index contributed by atoms with van der Waals surface area (Å²) in [5, 5.41) is -0.212. The van der Waals surface area contributed by atoms with E-state index in [0.717, 1.165) is 36.5 Å². The number of halogens is 1. The van der Waals surface area contributed by atoms with Gasteiger partial charge in [-0.25, -0.2) is 0 Å². The first-order valence-corrected chi connectivity index (χ1v) is 9.96. The lowest BCUT2D eigenvalue weighted by molar-refractivity contribution is -0.138. The lowest BCUT2D eigenvalue weighted by Crippen LogP contribution is -2.55. The van der Waals surface area contributed by atoms with E-state index in [1.807, 2.05) is 0 Å². The van der Waals surface area contributed by atoms with Crippen molar-refractivity contribution >= 4 is 17.4 Å². The second kappa shape index (κ2) is 4.98. The zero-order valence-corrected chi connectivity index (χ0v) is 15.2. The largest absolute Gasteiger partial charge is 0.298 e. The molecule has 4 aliphatic rings. The van der Waals surface area contributed by atoms with Crippen LogP contribution in [0.2, 0.25) is 0 Å². The number of fused-ring (bicyclic) bond motifs is 5. The molecule has 8 atom stereocenters. The zero-order chi connectivity index (χ0) is 15.7. The van der Waals surface area contributed by atoms with E-state index in [1.165, 1.54) is 38.5 Å². The molecule has 4 saturated carbocycles. The minimum Gasteiger partial charge on any atom is -0.298 e. The Morgan fingerprint density at radius 3 is 2.50 bits per heavy atom. The molecule has 0 amide bonds. The Bertz CT molecular complexity index is 488. The summed E-state index contributed by atoms with van der Waals surface area (Å²) < 4.78 is 0. The Kier molecular flexibility index (Phi) is 3.50. The SMILES string of the molecule is C[C@@H]1CC[C@@H]2[C@@H]3CC[C@@H]4CC(=O)[C@H](Cl)C[C@]4(C)[C@H]3CC[C@@]12C. The third-order valence-corrected chi connectivity index (χ3v) is 9.35. The van der Waals surface area contributed by atoms with Gasteiger partial charge < -0.3 is 0 Å². The van der Waals surface area contributed by atoms with E-state index < -0.39 is 0 Å². The number of hydrogen-bond acceptors (Lipinski definition) is 1. The van der Waals surface area contributed by atoms with Crippen molar-refractivity contribution in [3.8, 4) is 0 Å². The van der Waals surface area contributed by atoms with Gasteiger partial charge in [-0.2, -0.15) is 0 Å². The van der Waals surface area contributed by atoms with E-state index in [4.69, 9.17) is 11.6 Å². The van der Waals surface area contributed by atoms with E-state index >= 15 is 0 Å². The van der Waals surface area contributed by atoms with Gasteiger partial charge in [0.05, 0.1) is 5.38 Å². The highest BCUT2D eigenvalue weighted by Crippen LogP contribution is 2.67. The summed E-state index contributed by atoms with van der Waals surface area (Å²) >= 11 is 6.42. The summed E-state index contributed by atoms with van der Waals surface area (Å²) in [6.07, 6.45) is 10.0. The molecule has 0 unspecified atom stereocenters. The van der Waals surface area contributed by atoms with E-state index in [0.29, 0.717) is 22.5 Å². The van der Waals surface area contributed by atoms with Gasteiger partial charge in [0, 0.05) is 6.42 Å². The molecular formula is C20H31ClO. The van der Waals surface area contributed by atoms with Gasteiger partial charge in [-0.15, -0.1) is 11.6 Å². The normalized spacial score (nSPS) is 57.9. The second-order valence-corrected chi connectivity index (χ2v) is 10.0. The van der Waals surface area contributed by atoms with Crippen molar-refractivity contribution in [1.29, 1.82) is 0 Å². The minimum absolute atomic E-state index is 0.212. The number of carbonyl (C=O) groups excluding carboxylic acids is 1. The van der Waals surface area contributed by atoms with Crippen molar-refractivity contribution < 1.29 is 4.79 Å². The molecule has 0 saturated heterocycles. The third kappa shape index (κ3) is 1.93. The van der Waals surface area contributed by atoms with Crippen molar-refractivity contribution in [2.24, 2.45) is 40.4 Å². The van der Waals surface area contributed by atoms with Gasteiger partial charge in [0.2, 0.25) is 0 Å². The first kappa shape index (κ1) is 15.5. The van der Waals surface area contributed by atoms with E-state index in [2.05, 4.69) is 20.8 Å². The molecule has 0 bridgehead atoms. The number of ketones is 1. The Hall–Kier alpha value is -0.0400. The fourth-order valence-electron chi connectivity index (χ4n) is 7.32. The van der Waals surface area contributed by atoms with Crippen LogP contribution in [0.15, 0.2) is 0 Å². The molecule has 0 aliphatic heterocycles. The number of Topliss-reactive ketones (excluding diaryl/α,β-unsaturated/α-hetero) is 1. The summed E-state index contributed by atoms with van der Waals surface area (Å²) in [4.78, 5) is 12.1. The van der Waals surface area contributed by atoms with E-state index in [1.54, 1.807) is 0 Å². The molecule has 4 rings (SSSR count). The summed E-state index contributed by atoms with van der Waals surface area (Å²) in [6, 6.07) is 0. The lowest BCUT2D eigenvalue weighted by atomic mass is 9.45. The predicted molar refractivity (Wildman–Crippen MR) is 90.9 cm³/mol. The van der Waals surface area contributed by atoms with Gasteiger partial charge in [0.25, 0.3) is 0 Å². The van der Waals surface area contributed by atoms with Crippen LogP contribution < -0.4 is 0 Å². The van der Waals surface area contributed by atoms with Gasteiger partial charge >= 0.3 is 0 Å². The molecule has 0 aromatic heterocycles. The molecule has 0 aromatic rings. The first-order valence-electron chi connectivity index (χ1n) is 9.53. The van der Waals surface area contributed by atoms with Crippen LogP contribution in [0.5, 0.6) is 0 Å². The fraction of sp³-hybridized carbons (Fsp3) is 0.950. The molecule has 0 N–H and O–H groups in total. The highest BCUT2D eigenvalue weighted by Gasteiger charge is 2.60. The monoisotopic (exact) mass is 322 g/mol. The number of alkyl halides is 1. The van der Waals surface area contributed by atoms with Gasteiger partial charge in [0.1, 0.15) is 0 Å². The average molecular weight is 323 g/mol. The summed E-state index contributed by atoms with van der Waals surface area (Å²) in [7, 11) is 0. The topological polar surface area (TPSA) is 17.1 Å². The highest BCUT2D eigenvalue weighted by atomic mass is 35.5. The Balaban J connectivity index is 1.65. The van der Waals surface area contributed by atoms with Crippen LogP contribution in [0.25, 0.3) is 0 Å². The Labute approximate surface area is 140 Å². The smallest absolute Gasteiger partial charge is 0.150 e. The van der Waals surface area contributed by atoms with E-state index in [9.17, 15) is 4.79 Å². The summed E-state index contributed by atoms with van der Waals surface area (Å²) in [6.45, 7) is 7.55. The first-order chi connectivity index (χ1) is 10.4. The van der Waals surface area contributed by atoms with Crippen LogP contribution in [0.3, 0.4) is 0 Å². The number of rotatable bonds is 0. The third-order valence-electron chi connectivity index (χ3n) is 8.96. The minimum atomic E-state index is -0.212. The molecule has 0 spiro atoms. The lowest BCUT2D eigenvalue weighted by Gasteiger charge is -2.60. The Morgan fingerprint density at radius 2 is 1.73 bits per heavy atom.